The third kappa shape index (κ3) is 3.85. The zero-order valence-electron chi connectivity index (χ0n) is 14.0. The highest BCUT2D eigenvalue weighted by atomic mass is 16.5. The Morgan fingerprint density at radius 3 is 2.78 bits per heavy atom. The summed E-state index contributed by atoms with van der Waals surface area (Å²) in [6.07, 6.45) is 2.42. The van der Waals surface area contributed by atoms with Crippen LogP contribution in [0.4, 0.5) is 0 Å². The third-order valence-electron chi connectivity index (χ3n) is 4.78. The molecule has 0 radical (unpaired) electrons. The first-order chi connectivity index (χ1) is 11.1. The van der Waals surface area contributed by atoms with Gasteiger partial charge in [0.25, 0.3) is 5.91 Å². The number of para-hydroxylation sites is 1. The fraction of sp³-hybridized carbons (Fsp3) is 0.611. The van der Waals surface area contributed by atoms with E-state index < -0.39 is 0 Å². The molecule has 1 saturated carbocycles. The van der Waals surface area contributed by atoms with Gasteiger partial charge in [-0.3, -0.25) is 4.79 Å². The van der Waals surface area contributed by atoms with Crippen LogP contribution >= 0.6 is 0 Å². The van der Waals surface area contributed by atoms with E-state index in [-0.39, 0.29) is 24.7 Å². The van der Waals surface area contributed by atoms with Crippen LogP contribution in [-0.4, -0.2) is 68.3 Å². The van der Waals surface area contributed by atoms with Gasteiger partial charge in [-0.25, -0.2) is 0 Å². The molecule has 3 rings (SSSR count). The molecule has 23 heavy (non-hydrogen) atoms. The van der Waals surface area contributed by atoms with Crippen molar-refractivity contribution in [2.24, 2.45) is 5.92 Å². The van der Waals surface area contributed by atoms with Crippen molar-refractivity contribution in [3.05, 3.63) is 30.3 Å². The van der Waals surface area contributed by atoms with E-state index in [4.69, 9.17) is 9.47 Å². The minimum Gasteiger partial charge on any atom is -0.484 e. The average molecular weight is 318 g/mol. The van der Waals surface area contributed by atoms with Crippen LogP contribution in [0.25, 0.3) is 0 Å². The van der Waals surface area contributed by atoms with E-state index in [9.17, 15) is 4.79 Å². The minimum atomic E-state index is 0.0715. The Labute approximate surface area is 138 Å². The largest absolute Gasteiger partial charge is 0.484 e. The normalized spacial score (nSPS) is 26.0. The zero-order chi connectivity index (χ0) is 16.2. The maximum atomic E-state index is 12.5. The third-order valence-corrected chi connectivity index (χ3v) is 4.78. The number of carbonyl (C=O) groups is 1. The van der Waals surface area contributed by atoms with Gasteiger partial charge < -0.3 is 19.3 Å². The summed E-state index contributed by atoms with van der Waals surface area (Å²) in [7, 11) is 4.09. The monoisotopic (exact) mass is 318 g/mol. The van der Waals surface area contributed by atoms with E-state index in [0.29, 0.717) is 5.92 Å². The smallest absolute Gasteiger partial charge is 0.260 e. The average Bonchev–Trinajstić information content (AvgIpc) is 3.10. The van der Waals surface area contributed by atoms with Crippen LogP contribution in [0.15, 0.2) is 30.3 Å². The van der Waals surface area contributed by atoms with Gasteiger partial charge in [0.15, 0.2) is 6.61 Å². The molecule has 1 saturated heterocycles. The fourth-order valence-electron chi connectivity index (χ4n) is 3.59. The Bertz CT molecular complexity index is 520. The van der Waals surface area contributed by atoms with Gasteiger partial charge in [-0.05, 0) is 39.1 Å². The number of likely N-dealkylation sites (N-methyl/N-ethyl adjacent to an activating group) is 1. The van der Waals surface area contributed by atoms with Crippen LogP contribution in [0.2, 0.25) is 0 Å². The molecule has 2 aliphatic rings. The first-order valence-electron chi connectivity index (χ1n) is 8.39. The number of hydrogen-bond donors (Lipinski definition) is 0. The molecule has 1 aliphatic heterocycles. The highest BCUT2D eigenvalue weighted by Gasteiger charge is 2.49. The molecule has 126 valence electrons. The lowest BCUT2D eigenvalue weighted by Crippen LogP contribution is -2.42. The maximum Gasteiger partial charge on any atom is 0.260 e. The zero-order valence-corrected chi connectivity index (χ0v) is 14.0. The Morgan fingerprint density at radius 2 is 2.04 bits per heavy atom. The molecule has 1 amide bonds. The maximum absolute atomic E-state index is 12.5. The summed E-state index contributed by atoms with van der Waals surface area (Å²) >= 11 is 0. The lowest BCUT2D eigenvalue weighted by atomic mass is 10.1. The second kappa shape index (κ2) is 7.32. The fourth-order valence-corrected chi connectivity index (χ4v) is 3.59. The van der Waals surface area contributed by atoms with Gasteiger partial charge in [-0.1, -0.05) is 18.2 Å². The predicted octanol–water partition coefficient (Wildman–Crippen LogP) is 1.63. The topological polar surface area (TPSA) is 42.0 Å². The molecule has 1 heterocycles. The van der Waals surface area contributed by atoms with Gasteiger partial charge in [0.05, 0.1) is 18.8 Å². The van der Waals surface area contributed by atoms with Gasteiger partial charge >= 0.3 is 0 Å². The number of piperidine rings is 1. The number of nitrogens with zero attached hydrogens (tertiary/aromatic N) is 2. The molecule has 0 aromatic heterocycles. The molecule has 0 spiro atoms. The number of rotatable bonds is 7. The van der Waals surface area contributed by atoms with Crippen molar-refractivity contribution in [2.45, 2.75) is 25.0 Å². The van der Waals surface area contributed by atoms with Gasteiger partial charge in [0, 0.05) is 19.0 Å². The lowest BCUT2D eigenvalue weighted by molar-refractivity contribution is -0.135. The predicted molar refractivity (Wildman–Crippen MR) is 88.5 cm³/mol. The van der Waals surface area contributed by atoms with Crippen molar-refractivity contribution in [1.29, 1.82) is 0 Å². The van der Waals surface area contributed by atoms with Gasteiger partial charge in [-0.15, -0.1) is 0 Å². The quantitative estimate of drug-likeness (QED) is 0.766. The number of carbonyl (C=O) groups excluding carboxylic acids is 1. The van der Waals surface area contributed by atoms with Gasteiger partial charge in [0.1, 0.15) is 5.75 Å². The molecule has 5 heteroatoms. The van der Waals surface area contributed by atoms with Crippen LogP contribution in [-0.2, 0) is 9.53 Å². The summed E-state index contributed by atoms with van der Waals surface area (Å²) in [6, 6.07) is 9.73. The minimum absolute atomic E-state index is 0.0715. The number of hydrogen-bond acceptors (Lipinski definition) is 4. The Hall–Kier alpha value is -1.59. The molecule has 1 aromatic carbocycles. The Kier molecular flexibility index (Phi) is 5.18. The summed E-state index contributed by atoms with van der Waals surface area (Å²) in [5.41, 5.74) is 0. The molecule has 3 atom stereocenters. The summed E-state index contributed by atoms with van der Waals surface area (Å²) in [6.45, 7) is 2.57. The molecule has 2 fully saturated rings. The second-order valence-electron chi connectivity index (χ2n) is 6.69. The van der Waals surface area contributed by atoms with Gasteiger partial charge in [0.2, 0.25) is 0 Å². The van der Waals surface area contributed by atoms with Crippen molar-refractivity contribution < 1.29 is 14.3 Å². The highest BCUT2D eigenvalue weighted by molar-refractivity contribution is 5.78. The van der Waals surface area contributed by atoms with Crippen LogP contribution < -0.4 is 4.74 Å². The molecule has 2 bridgehead atoms. The van der Waals surface area contributed by atoms with E-state index in [1.807, 2.05) is 49.3 Å². The Morgan fingerprint density at radius 1 is 1.26 bits per heavy atom. The van der Waals surface area contributed by atoms with Gasteiger partial charge in [-0.2, -0.15) is 0 Å². The lowest BCUT2D eigenvalue weighted by Gasteiger charge is -2.27. The van der Waals surface area contributed by atoms with Crippen LogP contribution in [0.5, 0.6) is 5.75 Å². The molecule has 1 aromatic rings. The first-order valence-corrected chi connectivity index (χ1v) is 8.39. The molecular formula is C18H26N2O3. The Balaban J connectivity index is 1.50. The number of likely N-dealkylation sites (tertiary alicyclic amines) is 1. The van der Waals surface area contributed by atoms with Crippen LogP contribution in [0.1, 0.15) is 12.8 Å². The summed E-state index contributed by atoms with van der Waals surface area (Å²) in [4.78, 5) is 16.6. The number of ether oxygens (including phenoxy) is 2. The van der Waals surface area contributed by atoms with E-state index in [2.05, 4.69) is 4.90 Å². The number of benzene rings is 1. The highest BCUT2D eigenvalue weighted by Crippen LogP contribution is 2.39. The summed E-state index contributed by atoms with van der Waals surface area (Å²) < 4.78 is 11.7. The van der Waals surface area contributed by atoms with Crippen molar-refractivity contribution in [2.75, 3.05) is 40.4 Å². The molecule has 0 N–H and O–H groups in total. The van der Waals surface area contributed by atoms with Crippen molar-refractivity contribution >= 4 is 5.91 Å². The number of amides is 1. The summed E-state index contributed by atoms with van der Waals surface area (Å²) in [5.74, 6) is 1.30. The SMILES string of the molecule is CN(C)CCOC1C2CCC1N(C(=O)COc1ccccc1)C2. The van der Waals surface area contributed by atoms with Crippen molar-refractivity contribution in [3.63, 3.8) is 0 Å². The van der Waals surface area contributed by atoms with Crippen LogP contribution in [0.3, 0.4) is 0 Å². The van der Waals surface area contributed by atoms with E-state index in [0.717, 1.165) is 31.9 Å². The van der Waals surface area contributed by atoms with Crippen molar-refractivity contribution in [1.82, 2.24) is 9.80 Å². The number of fused-ring (bicyclic) bond motifs is 2. The molecular weight excluding hydrogens is 292 g/mol. The van der Waals surface area contributed by atoms with Crippen molar-refractivity contribution in [3.8, 4) is 5.75 Å². The van der Waals surface area contributed by atoms with E-state index in [1.54, 1.807) is 0 Å². The standard InChI is InChI=1S/C18H26N2O3/c1-19(2)10-11-22-18-14-8-9-16(18)20(12-14)17(21)13-23-15-6-4-3-5-7-15/h3-7,14,16,18H,8-13H2,1-2H3. The molecule has 5 nitrogen and oxygen atoms in total. The molecule has 1 aliphatic carbocycles. The van der Waals surface area contributed by atoms with Crippen LogP contribution in [0, 0.1) is 5.92 Å². The first kappa shape index (κ1) is 16.3. The summed E-state index contributed by atoms with van der Waals surface area (Å²) in [5, 5.41) is 0. The second-order valence-corrected chi connectivity index (χ2v) is 6.69. The van der Waals surface area contributed by atoms with E-state index in [1.165, 1.54) is 6.42 Å². The van der Waals surface area contributed by atoms with E-state index >= 15 is 0 Å². The molecule has 3 unspecified atom stereocenters.